The number of benzene rings is 1. The summed E-state index contributed by atoms with van der Waals surface area (Å²) in [5.41, 5.74) is 4.37. The third-order valence-electron chi connectivity index (χ3n) is 6.23. The van der Waals surface area contributed by atoms with Gasteiger partial charge in [-0.3, -0.25) is 4.90 Å². The number of nitrogens with zero attached hydrogens (tertiary/aromatic N) is 1. The first-order valence-corrected chi connectivity index (χ1v) is 10.6. The van der Waals surface area contributed by atoms with Crippen molar-refractivity contribution in [3.8, 4) is 0 Å². The minimum Gasteiger partial charge on any atom is -0.487 e. The van der Waals surface area contributed by atoms with Crippen LogP contribution in [0.5, 0.6) is 0 Å². The van der Waals surface area contributed by atoms with Crippen molar-refractivity contribution in [1.82, 2.24) is 9.88 Å². The molecule has 2 aromatic rings. The van der Waals surface area contributed by atoms with Crippen molar-refractivity contribution >= 4 is 28.2 Å². The van der Waals surface area contributed by atoms with Gasteiger partial charge in [0.05, 0.1) is 6.61 Å². The van der Waals surface area contributed by atoms with E-state index in [9.17, 15) is 0 Å². The highest BCUT2D eigenvalue weighted by atomic mass is 32.1. The maximum atomic E-state index is 5.51. The van der Waals surface area contributed by atoms with E-state index in [4.69, 9.17) is 17.0 Å². The topological polar surface area (TPSA) is 28.3 Å². The second-order valence-electron chi connectivity index (χ2n) is 7.90. The molecule has 0 saturated carbocycles. The van der Waals surface area contributed by atoms with E-state index in [-0.39, 0.29) is 0 Å². The summed E-state index contributed by atoms with van der Waals surface area (Å²) < 4.78 is 5.51. The summed E-state index contributed by atoms with van der Waals surface area (Å²) in [6.45, 7) is 7.41. The van der Waals surface area contributed by atoms with Crippen LogP contribution in [-0.2, 0) is 11.2 Å². The lowest BCUT2D eigenvalue weighted by molar-refractivity contribution is 0.0815. The van der Waals surface area contributed by atoms with Crippen LogP contribution in [0.15, 0.2) is 24.4 Å². The number of aromatic amines is 1. The van der Waals surface area contributed by atoms with Crippen LogP contribution in [0, 0.1) is 5.92 Å². The fraction of sp³-hybridized carbons (Fsp3) is 0.591. The molecule has 3 atom stereocenters. The molecule has 1 aromatic carbocycles. The summed E-state index contributed by atoms with van der Waals surface area (Å²) in [4.78, 5) is 6.25. The summed E-state index contributed by atoms with van der Waals surface area (Å²) >= 11 is 5.37. The Morgan fingerprint density at radius 3 is 3.04 bits per heavy atom. The van der Waals surface area contributed by atoms with E-state index in [1.807, 2.05) is 6.92 Å². The average molecular weight is 371 g/mol. The molecule has 1 fully saturated rings. The lowest BCUT2D eigenvalue weighted by atomic mass is 9.71. The zero-order valence-electron chi connectivity index (χ0n) is 16.0. The number of aromatic nitrogens is 1. The van der Waals surface area contributed by atoms with Crippen LogP contribution in [0.1, 0.15) is 56.6 Å². The normalized spacial score (nSPS) is 25.2. The van der Waals surface area contributed by atoms with Crippen molar-refractivity contribution in [2.24, 2.45) is 5.92 Å². The van der Waals surface area contributed by atoms with Crippen molar-refractivity contribution in [3.63, 3.8) is 0 Å². The number of ether oxygens (including phenoxy) is 1. The Balaban J connectivity index is 1.59. The number of hydrogen-bond acceptors (Lipinski definition) is 3. The van der Waals surface area contributed by atoms with Crippen LogP contribution in [0.25, 0.3) is 10.9 Å². The molecule has 0 spiro atoms. The number of thiocarbonyl (C=S) groups is 1. The van der Waals surface area contributed by atoms with Gasteiger partial charge in [-0.2, -0.15) is 0 Å². The number of likely N-dealkylation sites (tertiary alicyclic amines) is 1. The van der Waals surface area contributed by atoms with E-state index in [1.165, 1.54) is 48.8 Å². The van der Waals surface area contributed by atoms with Crippen molar-refractivity contribution in [1.29, 1.82) is 0 Å². The van der Waals surface area contributed by atoms with Crippen molar-refractivity contribution < 1.29 is 4.74 Å². The molecule has 2 heterocycles. The largest absolute Gasteiger partial charge is 0.487 e. The molecule has 0 bridgehead atoms. The standard InChI is InChI=1S/C22H30N2OS/c1-3-10-24-14-15(8-9-21(26)25-4-2)11-18-17-6-5-7-19-22(17)16(13-23-19)12-20(18)24/h5-7,13,15,18,20,23H,3-4,8-12,14H2,1-2H3/t15-,18-,20-/m1/s1. The van der Waals surface area contributed by atoms with E-state index >= 15 is 0 Å². The van der Waals surface area contributed by atoms with Crippen molar-refractivity contribution in [2.75, 3.05) is 19.7 Å². The molecule has 2 aliphatic rings. The lowest BCUT2D eigenvalue weighted by Crippen LogP contribution is -2.50. The molecule has 26 heavy (non-hydrogen) atoms. The van der Waals surface area contributed by atoms with E-state index in [0.29, 0.717) is 24.5 Å². The second kappa shape index (κ2) is 7.69. The van der Waals surface area contributed by atoms with Gasteiger partial charge in [-0.05, 0) is 74.5 Å². The summed E-state index contributed by atoms with van der Waals surface area (Å²) in [5, 5.41) is 2.28. The first kappa shape index (κ1) is 18.0. The third kappa shape index (κ3) is 3.29. The third-order valence-corrected chi connectivity index (χ3v) is 6.56. The molecule has 1 aliphatic heterocycles. The zero-order valence-corrected chi connectivity index (χ0v) is 16.8. The molecule has 1 N–H and O–H groups in total. The van der Waals surface area contributed by atoms with Crippen LogP contribution in [0.2, 0.25) is 0 Å². The molecule has 0 amide bonds. The SMILES string of the molecule is CCCN1C[C@H](CCC(=S)OCC)C[C@@H]2c3cccc4[nH]cc(c34)C[C@H]21. The highest BCUT2D eigenvalue weighted by molar-refractivity contribution is 7.80. The lowest BCUT2D eigenvalue weighted by Gasteiger charge is -2.47. The van der Waals surface area contributed by atoms with Gasteiger partial charge in [0.15, 0.2) is 5.05 Å². The van der Waals surface area contributed by atoms with Crippen LogP contribution in [0.4, 0.5) is 0 Å². The quantitative estimate of drug-likeness (QED) is 0.721. The minimum absolute atomic E-state index is 0.646. The van der Waals surface area contributed by atoms with Gasteiger partial charge in [-0.25, -0.2) is 0 Å². The first-order chi connectivity index (χ1) is 12.7. The van der Waals surface area contributed by atoms with E-state index in [1.54, 1.807) is 5.56 Å². The Hall–Kier alpha value is -1.39. The maximum absolute atomic E-state index is 5.51. The molecule has 1 saturated heterocycles. The molecule has 1 aliphatic carbocycles. The number of rotatable bonds is 6. The van der Waals surface area contributed by atoms with Crippen molar-refractivity contribution in [3.05, 3.63) is 35.5 Å². The summed E-state index contributed by atoms with van der Waals surface area (Å²) in [6, 6.07) is 7.46. The fourth-order valence-corrected chi connectivity index (χ4v) is 5.44. The highest BCUT2D eigenvalue weighted by Crippen LogP contribution is 2.45. The van der Waals surface area contributed by atoms with Crippen molar-refractivity contribution in [2.45, 2.75) is 57.9 Å². The Bertz CT molecular complexity index is 784. The molecule has 0 radical (unpaired) electrons. The first-order valence-electron chi connectivity index (χ1n) is 10.2. The van der Waals surface area contributed by atoms with Crippen LogP contribution in [-0.4, -0.2) is 40.7 Å². The molecular weight excluding hydrogens is 340 g/mol. The Morgan fingerprint density at radius 1 is 1.35 bits per heavy atom. The van der Waals surface area contributed by atoms with Gasteiger partial charge in [-0.1, -0.05) is 19.1 Å². The van der Waals surface area contributed by atoms with Crippen LogP contribution >= 0.6 is 12.2 Å². The number of nitrogens with one attached hydrogen (secondary N) is 1. The van der Waals surface area contributed by atoms with Gasteiger partial charge in [0.1, 0.15) is 0 Å². The molecule has 3 nitrogen and oxygen atoms in total. The molecule has 4 rings (SSSR count). The molecule has 4 heteroatoms. The Morgan fingerprint density at radius 2 is 2.23 bits per heavy atom. The Labute approximate surface area is 162 Å². The number of hydrogen-bond donors (Lipinski definition) is 1. The summed E-state index contributed by atoms with van der Waals surface area (Å²) in [5.74, 6) is 1.35. The van der Waals surface area contributed by atoms with E-state index in [2.05, 4.69) is 41.2 Å². The smallest absolute Gasteiger partial charge is 0.159 e. The van der Waals surface area contributed by atoms with Crippen LogP contribution < -0.4 is 0 Å². The summed E-state index contributed by atoms with van der Waals surface area (Å²) in [6.07, 6.45) is 8.00. The fourth-order valence-electron chi connectivity index (χ4n) is 5.21. The Kier molecular flexibility index (Phi) is 5.32. The highest BCUT2D eigenvalue weighted by Gasteiger charge is 2.40. The van der Waals surface area contributed by atoms with Gasteiger partial charge in [0.25, 0.3) is 0 Å². The monoisotopic (exact) mass is 370 g/mol. The van der Waals surface area contributed by atoms with Gasteiger partial charge in [0.2, 0.25) is 0 Å². The molecular formula is C22H30N2OS. The van der Waals surface area contributed by atoms with Crippen LogP contribution in [0.3, 0.4) is 0 Å². The molecule has 1 aromatic heterocycles. The van der Waals surface area contributed by atoms with E-state index < -0.39 is 0 Å². The number of H-pyrrole nitrogens is 1. The number of piperidine rings is 1. The second-order valence-corrected chi connectivity index (χ2v) is 8.36. The van der Waals surface area contributed by atoms with Gasteiger partial charge < -0.3 is 9.72 Å². The predicted octanol–water partition coefficient (Wildman–Crippen LogP) is 5.05. The summed E-state index contributed by atoms with van der Waals surface area (Å²) in [7, 11) is 0. The van der Waals surface area contributed by atoms with Gasteiger partial charge >= 0.3 is 0 Å². The molecule has 140 valence electrons. The van der Waals surface area contributed by atoms with E-state index in [0.717, 1.165) is 17.9 Å². The average Bonchev–Trinajstić information content (AvgIpc) is 3.06. The molecule has 0 unspecified atom stereocenters. The maximum Gasteiger partial charge on any atom is 0.159 e. The van der Waals surface area contributed by atoms with Gasteiger partial charge in [0, 0.05) is 42.0 Å². The number of fused-ring (bicyclic) bond motifs is 2. The van der Waals surface area contributed by atoms with Gasteiger partial charge in [-0.15, -0.1) is 0 Å². The predicted molar refractivity (Wildman–Crippen MR) is 112 cm³/mol. The minimum atomic E-state index is 0.646. The zero-order chi connectivity index (χ0) is 18.1.